The molecule has 43 heavy (non-hydrogen) atoms. The number of carbonyl (C=O) groups excluding carboxylic acids is 1. The first-order valence-electron chi connectivity index (χ1n) is 14.2. The van der Waals surface area contributed by atoms with Crippen molar-refractivity contribution < 1.29 is 41.0 Å². The van der Waals surface area contributed by atoms with E-state index in [9.17, 15) is 26.7 Å². The number of hydrogen-bond donors (Lipinski definition) is 1. The number of piperidine rings is 1. The largest absolute Gasteiger partial charge is 0.492 e. The second-order valence-corrected chi connectivity index (χ2v) is 10.9. The van der Waals surface area contributed by atoms with Crippen LogP contribution in [0.4, 0.5) is 22.0 Å². The first kappa shape index (κ1) is 30.7. The van der Waals surface area contributed by atoms with Gasteiger partial charge in [-0.3, -0.25) is 4.90 Å². The van der Waals surface area contributed by atoms with Crippen LogP contribution in [-0.4, -0.2) is 55.9 Å². The molecule has 0 radical (unpaired) electrons. The van der Waals surface area contributed by atoms with Crippen molar-refractivity contribution in [2.75, 3.05) is 32.8 Å². The van der Waals surface area contributed by atoms with Crippen LogP contribution < -0.4 is 14.8 Å². The Labute approximate surface area is 246 Å². The van der Waals surface area contributed by atoms with Gasteiger partial charge in [0.05, 0.1) is 12.2 Å². The van der Waals surface area contributed by atoms with Crippen LogP contribution in [-0.2, 0) is 28.7 Å². The zero-order valence-corrected chi connectivity index (χ0v) is 23.6. The average Bonchev–Trinajstić information content (AvgIpc) is 3.40. The summed E-state index contributed by atoms with van der Waals surface area (Å²) in [4.78, 5) is 14.7. The summed E-state index contributed by atoms with van der Waals surface area (Å²) in [6.45, 7) is 5.40. The number of fused-ring (bicyclic) bond motifs is 1. The lowest BCUT2D eigenvalue weighted by Gasteiger charge is -2.20. The minimum absolute atomic E-state index is 0.102. The highest BCUT2D eigenvalue weighted by atomic mass is 19.4. The van der Waals surface area contributed by atoms with Crippen LogP contribution in [0, 0.1) is 23.5 Å². The van der Waals surface area contributed by atoms with Gasteiger partial charge >= 0.3 is 12.1 Å². The molecule has 1 N–H and O–H groups in total. The maximum atomic E-state index is 13.6. The summed E-state index contributed by atoms with van der Waals surface area (Å²) >= 11 is 0. The summed E-state index contributed by atoms with van der Waals surface area (Å²) in [5.41, 5.74) is 1.01. The molecule has 1 saturated heterocycles. The Hall–Kier alpha value is -3.70. The minimum Gasteiger partial charge on any atom is -0.492 e. The van der Waals surface area contributed by atoms with Crippen molar-refractivity contribution in [3.05, 3.63) is 95.1 Å². The molecule has 6 nitrogen and oxygen atoms in total. The lowest BCUT2D eigenvalue weighted by Crippen LogP contribution is -2.33. The van der Waals surface area contributed by atoms with Crippen LogP contribution in [0.5, 0.6) is 11.5 Å². The van der Waals surface area contributed by atoms with Crippen LogP contribution in [0.25, 0.3) is 0 Å². The van der Waals surface area contributed by atoms with Crippen LogP contribution in [0.1, 0.15) is 23.6 Å². The summed E-state index contributed by atoms with van der Waals surface area (Å²) in [6, 6.07) is 15.7. The number of rotatable bonds is 13. The smallest absolute Gasteiger partial charge is 0.416 e. The fourth-order valence-electron chi connectivity index (χ4n) is 5.60. The van der Waals surface area contributed by atoms with Crippen molar-refractivity contribution in [3.8, 4) is 11.5 Å². The van der Waals surface area contributed by atoms with Gasteiger partial charge in [0.15, 0.2) is 6.10 Å². The molecule has 2 unspecified atom stereocenters. The molecule has 11 heteroatoms. The topological polar surface area (TPSA) is 60.0 Å². The summed E-state index contributed by atoms with van der Waals surface area (Å²) in [7, 11) is 0. The second kappa shape index (κ2) is 13.3. The van der Waals surface area contributed by atoms with Crippen molar-refractivity contribution in [3.63, 3.8) is 0 Å². The Morgan fingerprint density at radius 3 is 2.16 bits per heavy atom. The van der Waals surface area contributed by atoms with Gasteiger partial charge in [-0.1, -0.05) is 24.3 Å². The summed E-state index contributed by atoms with van der Waals surface area (Å²) in [6.07, 6.45) is -5.26. The average molecular weight is 605 g/mol. The molecule has 2 fully saturated rings. The monoisotopic (exact) mass is 604 g/mol. The van der Waals surface area contributed by atoms with Crippen LogP contribution >= 0.6 is 0 Å². The van der Waals surface area contributed by atoms with Gasteiger partial charge in [0.25, 0.3) is 0 Å². The Balaban J connectivity index is 1.02. The van der Waals surface area contributed by atoms with Crippen molar-refractivity contribution in [1.82, 2.24) is 10.2 Å². The predicted octanol–water partition coefficient (Wildman–Crippen LogP) is 5.64. The van der Waals surface area contributed by atoms with Gasteiger partial charge < -0.3 is 19.5 Å². The normalized spacial score (nSPS) is 20.4. The van der Waals surface area contributed by atoms with Crippen molar-refractivity contribution in [1.29, 1.82) is 0 Å². The van der Waals surface area contributed by atoms with Gasteiger partial charge in [0.1, 0.15) is 29.7 Å². The highest BCUT2D eigenvalue weighted by molar-refractivity contribution is 5.75. The molecule has 3 aromatic rings. The maximum Gasteiger partial charge on any atom is 0.416 e. The first-order chi connectivity index (χ1) is 20.6. The molecule has 5 rings (SSSR count). The van der Waals surface area contributed by atoms with Crippen LogP contribution in [0.15, 0.2) is 66.7 Å². The number of hydrogen-bond acceptors (Lipinski definition) is 6. The van der Waals surface area contributed by atoms with Crippen LogP contribution in [0.3, 0.4) is 0 Å². The number of esters is 1. The molecule has 1 aliphatic heterocycles. The molecule has 1 aliphatic carbocycles. The van der Waals surface area contributed by atoms with E-state index in [1.165, 1.54) is 0 Å². The van der Waals surface area contributed by atoms with E-state index in [4.69, 9.17) is 14.2 Å². The van der Waals surface area contributed by atoms with E-state index < -0.39 is 35.4 Å². The van der Waals surface area contributed by atoms with Crippen molar-refractivity contribution in [2.45, 2.75) is 38.2 Å². The quantitative estimate of drug-likeness (QED) is 0.155. The zero-order chi connectivity index (χ0) is 30.6. The number of likely N-dealkylation sites (tertiary alicyclic amines) is 1. The number of carbonyl (C=O) groups is 1. The summed E-state index contributed by atoms with van der Waals surface area (Å²) in [5.74, 6) is -0.625. The van der Waals surface area contributed by atoms with Crippen LogP contribution in [0.2, 0.25) is 0 Å². The van der Waals surface area contributed by atoms with E-state index >= 15 is 0 Å². The lowest BCUT2D eigenvalue weighted by molar-refractivity contribution is -0.151. The molecule has 2 aliphatic rings. The molecule has 3 aromatic carbocycles. The molecular weight excluding hydrogens is 571 g/mol. The fraction of sp³-hybridized carbons (Fsp3) is 0.406. The molecule has 1 saturated carbocycles. The third-order valence-electron chi connectivity index (χ3n) is 7.72. The Kier molecular flexibility index (Phi) is 9.51. The fourth-order valence-corrected chi connectivity index (χ4v) is 5.60. The Morgan fingerprint density at radius 2 is 1.56 bits per heavy atom. The number of alkyl halides is 3. The molecule has 0 spiro atoms. The standard InChI is InChI=1S/C32H33F5N2O4/c1-2-41-31(40)29(43-26-15-23(33)14-24(34)16-26)13-20-5-9-25(10-6-20)42-12-11-38-30-27-18-39(19-28(27)30)17-21-3-7-22(8-4-21)32(35,36)37/h3-10,14-16,27-30,38H,2,11-13,17-19H2,1H3/t27?,28?,29-,30?/m0/s1. The van der Waals surface area contributed by atoms with Gasteiger partial charge in [0, 0.05) is 56.8 Å². The van der Waals surface area contributed by atoms with E-state index in [1.54, 1.807) is 43.3 Å². The lowest BCUT2D eigenvalue weighted by atomic mass is 10.1. The Morgan fingerprint density at radius 1 is 0.930 bits per heavy atom. The SMILES string of the molecule is CCOC(=O)[C@H](Cc1ccc(OCCNC2C3CN(Cc4ccc(C(F)(F)F)cc4)CC32)cc1)Oc1cc(F)cc(F)c1. The number of ether oxygens (including phenoxy) is 3. The summed E-state index contributed by atoms with van der Waals surface area (Å²) in [5, 5.41) is 3.53. The highest BCUT2D eigenvalue weighted by Gasteiger charge is 2.55. The van der Waals surface area contributed by atoms with E-state index in [1.807, 2.05) is 0 Å². The molecule has 3 atom stereocenters. The molecule has 0 amide bonds. The highest BCUT2D eigenvalue weighted by Crippen LogP contribution is 2.45. The Bertz CT molecular complexity index is 1350. The number of halogens is 5. The van der Waals surface area contributed by atoms with E-state index in [-0.39, 0.29) is 18.8 Å². The van der Waals surface area contributed by atoms with Gasteiger partial charge in [-0.2, -0.15) is 13.2 Å². The third-order valence-corrected chi connectivity index (χ3v) is 7.72. The predicted molar refractivity (Wildman–Crippen MR) is 149 cm³/mol. The first-order valence-corrected chi connectivity index (χ1v) is 14.2. The van der Waals surface area contributed by atoms with Gasteiger partial charge in [0.2, 0.25) is 0 Å². The maximum absolute atomic E-state index is 13.6. The zero-order valence-electron chi connectivity index (χ0n) is 23.6. The number of nitrogens with zero attached hydrogens (tertiary/aromatic N) is 1. The van der Waals surface area contributed by atoms with Crippen molar-refractivity contribution >= 4 is 5.97 Å². The second-order valence-electron chi connectivity index (χ2n) is 10.9. The number of benzene rings is 3. The van der Waals surface area contributed by atoms with E-state index in [0.717, 1.165) is 54.5 Å². The van der Waals surface area contributed by atoms with Gasteiger partial charge in [-0.05, 0) is 54.2 Å². The van der Waals surface area contributed by atoms with E-state index in [2.05, 4.69) is 10.2 Å². The molecule has 0 bridgehead atoms. The van der Waals surface area contributed by atoms with Gasteiger partial charge in [-0.25, -0.2) is 13.6 Å². The van der Waals surface area contributed by atoms with Crippen molar-refractivity contribution in [2.24, 2.45) is 11.8 Å². The van der Waals surface area contributed by atoms with Gasteiger partial charge in [-0.15, -0.1) is 0 Å². The van der Waals surface area contributed by atoms with E-state index in [0.29, 0.717) is 43.3 Å². The molecular formula is C32H33F5N2O4. The summed E-state index contributed by atoms with van der Waals surface area (Å²) < 4.78 is 82.0. The molecule has 0 aromatic heterocycles. The molecule has 230 valence electrons. The molecule has 1 heterocycles. The minimum atomic E-state index is -4.32. The third kappa shape index (κ3) is 8.23. The number of nitrogens with one attached hydrogen (secondary N) is 1.